The van der Waals surface area contributed by atoms with Crippen molar-refractivity contribution in [1.82, 2.24) is 13.9 Å². The van der Waals surface area contributed by atoms with Gasteiger partial charge in [0.05, 0.1) is 9.92 Å². The van der Waals surface area contributed by atoms with E-state index < -0.39 is 15.8 Å². The maximum Gasteiger partial charge on any atom is 0.243 e. The Morgan fingerprint density at radius 1 is 1.18 bits per heavy atom. The van der Waals surface area contributed by atoms with Gasteiger partial charge in [0.15, 0.2) is 0 Å². The molecule has 10 heteroatoms. The standard InChI is InChI=1S/C23H24ClFN4O3S/c1-16-26-10-13-28(16)15-17-2-4-19(5-3-17)27-23(30)18-8-11-29(12-9-18)33(31,32)20-6-7-22(25)21(24)14-20/h2-7,10,13-14,18H,8-9,11-12,15H2,1H3,(H,27,30). The number of hydrogen-bond donors (Lipinski definition) is 1. The fraction of sp³-hybridized carbons (Fsp3) is 0.304. The zero-order chi connectivity index (χ0) is 23.6. The molecular weight excluding hydrogens is 467 g/mol. The highest BCUT2D eigenvalue weighted by molar-refractivity contribution is 7.89. The monoisotopic (exact) mass is 490 g/mol. The molecule has 1 aromatic heterocycles. The van der Waals surface area contributed by atoms with E-state index in [0.29, 0.717) is 25.1 Å². The Morgan fingerprint density at radius 2 is 1.88 bits per heavy atom. The van der Waals surface area contributed by atoms with E-state index in [4.69, 9.17) is 11.6 Å². The molecule has 0 unspecified atom stereocenters. The number of anilines is 1. The number of carbonyl (C=O) groups excluding carboxylic acids is 1. The minimum absolute atomic E-state index is 0.0530. The number of aryl methyl sites for hydroxylation is 1. The molecule has 7 nitrogen and oxygen atoms in total. The zero-order valence-electron chi connectivity index (χ0n) is 18.0. The number of nitrogens with one attached hydrogen (secondary N) is 1. The summed E-state index contributed by atoms with van der Waals surface area (Å²) in [5.74, 6) is -0.157. The average molecular weight is 491 g/mol. The van der Waals surface area contributed by atoms with Gasteiger partial charge in [-0.05, 0) is 55.7 Å². The lowest BCUT2D eigenvalue weighted by atomic mass is 9.97. The Bertz CT molecular complexity index is 1250. The maximum absolute atomic E-state index is 13.4. The van der Waals surface area contributed by atoms with Crippen molar-refractivity contribution >= 4 is 33.2 Å². The van der Waals surface area contributed by atoms with Crippen LogP contribution in [-0.2, 0) is 21.4 Å². The minimum Gasteiger partial charge on any atom is -0.331 e. The highest BCUT2D eigenvalue weighted by atomic mass is 35.5. The lowest BCUT2D eigenvalue weighted by Crippen LogP contribution is -2.41. The van der Waals surface area contributed by atoms with Crippen molar-refractivity contribution in [2.75, 3.05) is 18.4 Å². The molecule has 0 spiro atoms. The summed E-state index contributed by atoms with van der Waals surface area (Å²) in [7, 11) is -3.79. The van der Waals surface area contributed by atoms with Gasteiger partial charge in [-0.25, -0.2) is 17.8 Å². The van der Waals surface area contributed by atoms with E-state index >= 15 is 0 Å². The Kier molecular flexibility index (Phi) is 6.83. The van der Waals surface area contributed by atoms with E-state index in [0.717, 1.165) is 23.5 Å². The molecule has 0 radical (unpaired) electrons. The molecule has 4 rings (SSSR count). The predicted octanol–water partition coefficient (Wildman–Crippen LogP) is 4.07. The normalized spacial score (nSPS) is 15.5. The van der Waals surface area contributed by atoms with E-state index in [1.807, 2.05) is 42.0 Å². The second-order valence-electron chi connectivity index (χ2n) is 8.04. The molecule has 174 valence electrons. The number of imidazole rings is 1. The number of carbonyl (C=O) groups is 1. The number of hydrogen-bond acceptors (Lipinski definition) is 4. The van der Waals surface area contributed by atoms with Crippen LogP contribution in [0, 0.1) is 18.7 Å². The number of piperidine rings is 1. The smallest absolute Gasteiger partial charge is 0.243 e. The van der Waals surface area contributed by atoms with Crippen LogP contribution in [-0.4, -0.2) is 41.3 Å². The molecule has 3 aromatic rings. The van der Waals surface area contributed by atoms with Crippen LogP contribution >= 0.6 is 11.6 Å². The lowest BCUT2D eigenvalue weighted by molar-refractivity contribution is -0.120. The van der Waals surface area contributed by atoms with Crippen LogP contribution in [0.25, 0.3) is 0 Å². The number of rotatable bonds is 6. The van der Waals surface area contributed by atoms with Crippen molar-refractivity contribution < 1.29 is 17.6 Å². The molecule has 1 aliphatic rings. The van der Waals surface area contributed by atoms with E-state index in [9.17, 15) is 17.6 Å². The predicted molar refractivity (Wildman–Crippen MR) is 124 cm³/mol. The third-order valence-corrected chi connectivity index (χ3v) is 8.04. The van der Waals surface area contributed by atoms with Crippen LogP contribution in [0.3, 0.4) is 0 Å². The molecule has 2 heterocycles. The topological polar surface area (TPSA) is 84.3 Å². The third kappa shape index (κ3) is 5.26. The number of aromatic nitrogens is 2. The van der Waals surface area contributed by atoms with Crippen LogP contribution in [0.1, 0.15) is 24.2 Å². The fourth-order valence-corrected chi connectivity index (χ4v) is 5.59. The SMILES string of the molecule is Cc1nccn1Cc1ccc(NC(=O)C2CCN(S(=O)(=O)c3ccc(F)c(Cl)c3)CC2)cc1. The highest BCUT2D eigenvalue weighted by Gasteiger charge is 2.32. The molecule has 33 heavy (non-hydrogen) atoms. The highest BCUT2D eigenvalue weighted by Crippen LogP contribution is 2.27. The average Bonchev–Trinajstić information content (AvgIpc) is 3.21. The van der Waals surface area contributed by atoms with E-state index in [2.05, 4.69) is 10.3 Å². The molecule has 1 aliphatic heterocycles. The van der Waals surface area contributed by atoms with Gasteiger partial charge in [0, 0.05) is 43.6 Å². The van der Waals surface area contributed by atoms with Crippen LogP contribution in [0.4, 0.5) is 10.1 Å². The van der Waals surface area contributed by atoms with Gasteiger partial charge in [0.2, 0.25) is 15.9 Å². The van der Waals surface area contributed by atoms with Crippen molar-refractivity contribution in [1.29, 1.82) is 0 Å². The van der Waals surface area contributed by atoms with Crippen LogP contribution in [0.2, 0.25) is 5.02 Å². The Hall–Kier alpha value is -2.75. The first kappa shape index (κ1) is 23.4. The molecule has 1 amide bonds. The first-order chi connectivity index (χ1) is 15.7. The van der Waals surface area contributed by atoms with E-state index in [1.165, 1.54) is 10.4 Å². The first-order valence-electron chi connectivity index (χ1n) is 10.6. The van der Waals surface area contributed by atoms with Crippen LogP contribution in [0.15, 0.2) is 59.8 Å². The molecule has 2 aromatic carbocycles. The number of benzene rings is 2. The van der Waals surface area contributed by atoms with Crippen molar-refractivity contribution in [3.05, 3.63) is 77.1 Å². The van der Waals surface area contributed by atoms with Crippen molar-refractivity contribution in [2.45, 2.75) is 31.2 Å². The van der Waals surface area contributed by atoms with E-state index in [1.54, 1.807) is 6.20 Å². The summed E-state index contributed by atoms with van der Waals surface area (Å²) in [5.41, 5.74) is 1.79. The summed E-state index contributed by atoms with van der Waals surface area (Å²) in [6.07, 6.45) is 4.48. The largest absolute Gasteiger partial charge is 0.331 e. The fourth-order valence-electron chi connectivity index (χ4n) is 3.85. The summed E-state index contributed by atoms with van der Waals surface area (Å²) < 4.78 is 42.4. The number of halogens is 2. The van der Waals surface area contributed by atoms with Gasteiger partial charge >= 0.3 is 0 Å². The quantitative estimate of drug-likeness (QED) is 0.564. The molecule has 1 N–H and O–H groups in total. The summed E-state index contributed by atoms with van der Waals surface area (Å²) in [4.78, 5) is 16.9. The summed E-state index contributed by atoms with van der Waals surface area (Å²) in [6.45, 7) is 3.06. The van der Waals surface area contributed by atoms with Gasteiger partial charge in [-0.15, -0.1) is 0 Å². The molecule has 1 saturated heterocycles. The Morgan fingerprint density at radius 3 is 2.48 bits per heavy atom. The zero-order valence-corrected chi connectivity index (χ0v) is 19.6. The lowest BCUT2D eigenvalue weighted by Gasteiger charge is -2.30. The molecule has 1 fully saturated rings. The Balaban J connectivity index is 1.33. The van der Waals surface area contributed by atoms with Crippen molar-refractivity contribution in [3.63, 3.8) is 0 Å². The van der Waals surface area contributed by atoms with Crippen LogP contribution < -0.4 is 5.32 Å². The molecule has 0 atom stereocenters. The first-order valence-corrected chi connectivity index (χ1v) is 12.4. The van der Waals surface area contributed by atoms with Gasteiger partial charge in [0.25, 0.3) is 0 Å². The minimum atomic E-state index is -3.79. The van der Waals surface area contributed by atoms with Crippen molar-refractivity contribution in [2.24, 2.45) is 5.92 Å². The third-order valence-electron chi connectivity index (χ3n) is 5.85. The molecule has 0 saturated carbocycles. The second kappa shape index (κ2) is 9.62. The summed E-state index contributed by atoms with van der Waals surface area (Å²) >= 11 is 5.74. The van der Waals surface area contributed by atoms with E-state index in [-0.39, 0.29) is 34.8 Å². The van der Waals surface area contributed by atoms with Gasteiger partial charge < -0.3 is 9.88 Å². The molecule has 0 bridgehead atoms. The van der Waals surface area contributed by atoms with Gasteiger partial charge in [-0.3, -0.25) is 4.79 Å². The van der Waals surface area contributed by atoms with Gasteiger partial charge in [0.1, 0.15) is 11.6 Å². The molecular formula is C23H24ClFN4O3S. The summed E-state index contributed by atoms with van der Waals surface area (Å²) in [5, 5.41) is 2.68. The Labute approximate surface area is 197 Å². The number of nitrogens with zero attached hydrogens (tertiary/aromatic N) is 3. The van der Waals surface area contributed by atoms with Gasteiger partial charge in [-0.2, -0.15) is 4.31 Å². The summed E-state index contributed by atoms with van der Waals surface area (Å²) in [6, 6.07) is 11.0. The number of amides is 1. The second-order valence-corrected chi connectivity index (χ2v) is 10.4. The maximum atomic E-state index is 13.4. The van der Waals surface area contributed by atoms with Gasteiger partial charge in [-0.1, -0.05) is 23.7 Å². The van der Waals surface area contributed by atoms with Crippen LogP contribution in [0.5, 0.6) is 0 Å². The molecule has 0 aliphatic carbocycles. The van der Waals surface area contributed by atoms with Crippen molar-refractivity contribution in [3.8, 4) is 0 Å². The number of sulfonamides is 1.